The maximum atomic E-state index is 10.3. The molecular weight excluding hydrogens is 342 g/mol. The van der Waals surface area contributed by atoms with Gasteiger partial charge in [0.05, 0.1) is 6.10 Å². The molecule has 2 heteroatoms. The van der Waals surface area contributed by atoms with Crippen LogP contribution in [0.4, 0.5) is 0 Å². The SMILES string of the molecule is CC(C)CCCCC1CCC2C1(C)CCC1C3(C)CCC(O)CC3CCC21N. The van der Waals surface area contributed by atoms with E-state index in [2.05, 4.69) is 27.7 Å². The smallest absolute Gasteiger partial charge is 0.0543 e. The summed E-state index contributed by atoms with van der Waals surface area (Å²) in [5.74, 6) is 3.88. The van der Waals surface area contributed by atoms with Crippen molar-refractivity contribution in [1.29, 1.82) is 0 Å². The van der Waals surface area contributed by atoms with Gasteiger partial charge in [0.2, 0.25) is 0 Å². The highest BCUT2D eigenvalue weighted by Crippen LogP contribution is 2.68. The predicted octanol–water partition coefficient (Wildman–Crippen LogP) is 6.30. The lowest BCUT2D eigenvalue weighted by Crippen LogP contribution is -2.68. The Hall–Kier alpha value is -0.0800. The minimum Gasteiger partial charge on any atom is -0.393 e. The summed E-state index contributed by atoms with van der Waals surface area (Å²) in [5.41, 5.74) is 8.38. The molecule has 4 fully saturated rings. The van der Waals surface area contributed by atoms with Crippen LogP contribution in [0.2, 0.25) is 0 Å². The highest BCUT2D eigenvalue weighted by atomic mass is 16.3. The topological polar surface area (TPSA) is 46.2 Å². The maximum Gasteiger partial charge on any atom is 0.0543 e. The minimum atomic E-state index is -0.0566. The first kappa shape index (κ1) is 21.2. The van der Waals surface area contributed by atoms with E-state index in [9.17, 15) is 5.11 Å². The first-order valence-electron chi connectivity index (χ1n) is 12.7. The number of rotatable bonds is 5. The van der Waals surface area contributed by atoms with Crippen LogP contribution in [-0.2, 0) is 0 Å². The van der Waals surface area contributed by atoms with Crippen LogP contribution < -0.4 is 5.73 Å². The molecule has 0 aliphatic heterocycles. The van der Waals surface area contributed by atoms with Gasteiger partial charge < -0.3 is 10.8 Å². The molecule has 0 bridgehead atoms. The molecule has 0 aromatic rings. The molecule has 0 spiro atoms. The molecule has 0 saturated heterocycles. The van der Waals surface area contributed by atoms with E-state index in [4.69, 9.17) is 5.73 Å². The fourth-order valence-corrected chi connectivity index (χ4v) is 8.98. The second-order valence-corrected chi connectivity index (χ2v) is 12.4. The van der Waals surface area contributed by atoms with Crippen molar-refractivity contribution in [2.24, 2.45) is 46.2 Å². The van der Waals surface area contributed by atoms with Gasteiger partial charge in [-0.05, 0) is 105 Å². The number of unbranched alkanes of at least 4 members (excludes halogenated alkanes) is 1. The predicted molar refractivity (Wildman–Crippen MR) is 118 cm³/mol. The van der Waals surface area contributed by atoms with Crippen LogP contribution in [0, 0.1) is 40.4 Å². The van der Waals surface area contributed by atoms with E-state index in [0.29, 0.717) is 22.7 Å². The molecule has 4 aliphatic carbocycles. The first-order valence-corrected chi connectivity index (χ1v) is 12.7. The molecular formula is C26H47NO. The molecule has 3 N–H and O–H groups in total. The van der Waals surface area contributed by atoms with Crippen molar-refractivity contribution in [2.75, 3.05) is 0 Å². The minimum absolute atomic E-state index is 0.0566. The van der Waals surface area contributed by atoms with E-state index >= 15 is 0 Å². The van der Waals surface area contributed by atoms with Crippen LogP contribution in [-0.4, -0.2) is 16.7 Å². The Morgan fingerprint density at radius 3 is 2.36 bits per heavy atom. The lowest BCUT2D eigenvalue weighted by atomic mass is 9.42. The molecule has 0 radical (unpaired) electrons. The summed E-state index contributed by atoms with van der Waals surface area (Å²) in [5, 5.41) is 10.3. The van der Waals surface area contributed by atoms with Crippen LogP contribution in [0.5, 0.6) is 0 Å². The number of fused-ring (bicyclic) bond motifs is 5. The monoisotopic (exact) mass is 389 g/mol. The summed E-state index contributed by atoms with van der Waals surface area (Å²) in [7, 11) is 0. The Bertz CT molecular complexity index is 561. The third-order valence-corrected chi connectivity index (χ3v) is 10.6. The summed E-state index contributed by atoms with van der Waals surface area (Å²) < 4.78 is 0. The van der Waals surface area contributed by atoms with Gasteiger partial charge in [0.15, 0.2) is 0 Å². The normalized spacial score (nSPS) is 50.9. The van der Waals surface area contributed by atoms with Gasteiger partial charge in [-0.25, -0.2) is 0 Å². The highest BCUT2D eigenvalue weighted by molar-refractivity contribution is 5.18. The molecule has 0 aromatic carbocycles. The zero-order valence-electron chi connectivity index (χ0n) is 19.2. The zero-order chi connectivity index (χ0) is 20.2. The molecule has 4 aliphatic rings. The maximum absolute atomic E-state index is 10.3. The molecule has 162 valence electrons. The van der Waals surface area contributed by atoms with Crippen molar-refractivity contribution < 1.29 is 5.11 Å². The van der Waals surface area contributed by atoms with Gasteiger partial charge in [0, 0.05) is 5.54 Å². The van der Waals surface area contributed by atoms with E-state index in [-0.39, 0.29) is 11.6 Å². The van der Waals surface area contributed by atoms with Gasteiger partial charge in [-0.3, -0.25) is 0 Å². The third-order valence-electron chi connectivity index (χ3n) is 10.6. The van der Waals surface area contributed by atoms with Crippen molar-refractivity contribution in [3.63, 3.8) is 0 Å². The van der Waals surface area contributed by atoms with Crippen molar-refractivity contribution in [1.82, 2.24) is 0 Å². The Balaban J connectivity index is 1.48. The van der Waals surface area contributed by atoms with Crippen molar-refractivity contribution >= 4 is 0 Å². The second kappa shape index (κ2) is 7.56. The molecule has 4 saturated carbocycles. The molecule has 2 nitrogen and oxygen atoms in total. The average Bonchev–Trinajstić information content (AvgIpc) is 2.97. The van der Waals surface area contributed by atoms with Crippen molar-refractivity contribution in [2.45, 2.75) is 123 Å². The van der Waals surface area contributed by atoms with E-state index in [0.717, 1.165) is 30.6 Å². The van der Waals surface area contributed by atoms with E-state index in [1.165, 1.54) is 70.6 Å². The Morgan fingerprint density at radius 2 is 1.61 bits per heavy atom. The lowest BCUT2D eigenvalue weighted by molar-refractivity contribution is -0.139. The van der Waals surface area contributed by atoms with Gasteiger partial charge in [0.1, 0.15) is 0 Å². The Labute approximate surface area is 174 Å². The van der Waals surface area contributed by atoms with Crippen LogP contribution in [0.1, 0.15) is 111 Å². The summed E-state index contributed by atoms with van der Waals surface area (Å²) in [6.07, 6.45) is 16.8. The largest absolute Gasteiger partial charge is 0.393 e. The second-order valence-electron chi connectivity index (χ2n) is 12.4. The van der Waals surface area contributed by atoms with E-state index < -0.39 is 0 Å². The molecule has 0 amide bonds. The van der Waals surface area contributed by atoms with Gasteiger partial charge >= 0.3 is 0 Å². The summed E-state index contributed by atoms with van der Waals surface area (Å²) in [6, 6.07) is 0. The number of aliphatic hydroxyl groups is 1. The summed E-state index contributed by atoms with van der Waals surface area (Å²) >= 11 is 0. The van der Waals surface area contributed by atoms with Crippen molar-refractivity contribution in [3.05, 3.63) is 0 Å². The fraction of sp³-hybridized carbons (Fsp3) is 1.00. The van der Waals surface area contributed by atoms with Gasteiger partial charge in [-0.15, -0.1) is 0 Å². The Morgan fingerprint density at radius 1 is 0.893 bits per heavy atom. The Kier molecular flexibility index (Phi) is 5.71. The molecule has 0 aromatic heterocycles. The van der Waals surface area contributed by atoms with E-state index in [1.807, 2.05) is 0 Å². The standard InChI is InChI=1S/C26H47NO/c1-18(2)7-5-6-8-19-9-10-22-24(19,3)15-13-23-25(4)14-12-21(28)17-20(25)11-16-26(22,23)27/h18-23,28H,5-17,27H2,1-4H3. The molecule has 8 atom stereocenters. The number of nitrogens with two attached hydrogens (primary N) is 1. The zero-order valence-corrected chi connectivity index (χ0v) is 19.2. The van der Waals surface area contributed by atoms with E-state index in [1.54, 1.807) is 0 Å². The third kappa shape index (κ3) is 3.29. The van der Waals surface area contributed by atoms with Gasteiger partial charge in [-0.2, -0.15) is 0 Å². The van der Waals surface area contributed by atoms with Crippen LogP contribution in [0.25, 0.3) is 0 Å². The quantitative estimate of drug-likeness (QED) is 0.542. The molecule has 8 unspecified atom stereocenters. The van der Waals surface area contributed by atoms with Crippen molar-refractivity contribution in [3.8, 4) is 0 Å². The number of hydrogen-bond donors (Lipinski definition) is 2. The number of hydrogen-bond acceptors (Lipinski definition) is 2. The summed E-state index contributed by atoms with van der Waals surface area (Å²) in [6.45, 7) is 9.89. The lowest BCUT2D eigenvalue weighted by Gasteiger charge is -2.65. The molecule has 28 heavy (non-hydrogen) atoms. The van der Waals surface area contributed by atoms with Crippen LogP contribution >= 0.6 is 0 Å². The van der Waals surface area contributed by atoms with Crippen LogP contribution in [0.3, 0.4) is 0 Å². The molecule has 4 rings (SSSR count). The van der Waals surface area contributed by atoms with Gasteiger partial charge in [0.25, 0.3) is 0 Å². The highest BCUT2D eigenvalue weighted by Gasteiger charge is 2.65. The molecule has 0 heterocycles. The van der Waals surface area contributed by atoms with Crippen LogP contribution in [0.15, 0.2) is 0 Å². The first-order chi connectivity index (χ1) is 13.2. The summed E-state index contributed by atoms with van der Waals surface area (Å²) in [4.78, 5) is 0. The fourth-order valence-electron chi connectivity index (χ4n) is 8.98. The number of aliphatic hydroxyl groups excluding tert-OH is 1. The average molecular weight is 390 g/mol. The van der Waals surface area contributed by atoms with Gasteiger partial charge in [-0.1, -0.05) is 47.0 Å².